The highest BCUT2D eigenvalue weighted by Crippen LogP contribution is 2.35. The normalized spacial score (nSPS) is 19.0. The number of methoxy groups -OCH3 is 1. The maximum atomic E-state index is 12.8. The predicted octanol–water partition coefficient (Wildman–Crippen LogP) is 4.47. The number of thioether (sulfide) groups is 2. The van der Waals surface area contributed by atoms with Crippen LogP contribution in [0.1, 0.15) is 11.1 Å². The van der Waals surface area contributed by atoms with E-state index in [1.54, 1.807) is 30.4 Å². The van der Waals surface area contributed by atoms with Crippen molar-refractivity contribution in [1.29, 1.82) is 0 Å². The van der Waals surface area contributed by atoms with Gasteiger partial charge in [0.25, 0.3) is 22.3 Å². The minimum Gasteiger partial charge on any atom is -0.496 e. The Balaban J connectivity index is 1.45. The summed E-state index contributed by atoms with van der Waals surface area (Å²) in [5.41, 5.74) is 1.49. The molecule has 162 valence electrons. The first-order valence-electron chi connectivity index (χ1n) is 9.66. The van der Waals surface area contributed by atoms with Gasteiger partial charge in [0.2, 0.25) is 0 Å². The number of amides is 4. The number of para-hydroxylation sites is 1. The molecule has 2 aromatic carbocycles. The average Bonchev–Trinajstić information content (AvgIpc) is 3.21. The van der Waals surface area contributed by atoms with Gasteiger partial charge in [-0.15, -0.1) is 0 Å². The van der Waals surface area contributed by atoms with Crippen LogP contribution in [0, 0.1) is 0 Å². The molecule has 4 rings (SSSR count). The van der Waals surface area contributed by atoms with E-state index >= 15 is 0 Å². The Morgan fingerprint density at radius 2 is 1.28 bits per heavy atom. The van der Waals surface area contributed by atoms with E-state index in [0.29, 0.717) is 16.2 Å². The van der Waals surface area contributed by atoms with Crippen molar-refractivity contribution in [2.45, 2.75) is 0 Å². The van der Waals surface area contributed by atoms with Crippen LogP contribution in [0.3, 0.4) is 0 Å². The Hall–Kier alpha value is -3.30. The summed E-state index contributed by atoms with van der Waals surface area (Å²) in [4.78, 5) is 52.9. The van der Waals surface area contributed by atoms with Crippen molar-refractivity contribution in [3.05, 3.63) is 75.5 Å². The molecule has 2 aliphatic rings. The lowest BCUT2D eigenvalue weighted by Gasteiger charge is -2.17. The molecule has 7 nitrogen and oxygen atoms in total. The highest BCUT2D eigenvalue weighted by molar-refractivity contribution is 8.18. The van der Waals surface area contributed by atoms with Gasteiger partial charge in [-0.25, -0.2) is 0 Å². The van der Waals surface area contributed by atoms with Gasteiger partial charge in [-0.1, -0.05) is 48.5 Å². The smallest absolute Gasteiger partial charge is 0.293 e. The van der Waals surface area contributed by atoms with Crippen LogP contribution in [0.25, 0.3) is 12.2 Å². The molecule has 0 atom stereocenters. The summed E-state index contributed by atoms with van der Waals surface area (Å²) >= 11 is 1.67. The molecule has 0 spiro atoms. The van der Waals surface area contributed by atoms with Gasteiger partial charge in [-0.2, -0.15) is 0 Å². The van der Waals surface area contributed by atoms with Crippen molar-refractivity contribution in [3.63, 3.8) is 0 Å². The lowest BCUT2D eigenvalue weighted by atomic mass is 10.2. The SMILES string of the molecule is COc1ccccc1/C=C1\SC(=O)N(CCN2C(=O)S/C(=C/c3ccccc3)C2=O)C1=O. The molecule has 2 aromatic rings. The van der Waals surface area contributed by atoms with Crippen LogP contribution in [-0.2, 0) is 9.59 Å². The summed E-state index contributed by atoms with van der Waals surface area (Å²) < 4.78 is 5.28. The number of carbonyl (C=O) groups is 4. The summed E-state index contributed by atoms with van der Waals surface area (Å²) in [7, 11) is 1.53. The zero-order chi connectivity index (χ0) is 22.7. The van der Waals surface area contributed by atoms with Gasteiger partial charge < -0.3 is 4.74 Å². The van der Waals surface area contributed by atoms with Gasteiger partial charge in [0.1, 0.15) is 5.75 Å². The second-order valence-corrected chi connectivity index (χ2v) is 8.81. The standard InChI is InChI=1S/C23H18N2O5S2/c1-30-17-10-6-5-9-16(17)14-19-21(27)25(23(29)32-19)12-11-24-20(26)18(31-22(24)28)13-15-7-3-2-4-8-15/h2-10,13-14H,11-12H2,1H3/b18-13+,19-14-. The number of hydrogen-bond acceptors (Lipinski definition) is 7. The van der Waals surface area contributed by atoms with Crippen LogP contribution in [0.4, 0.5) is 9.59 Å². The third kappa shape index (κ3) is 4.49. The van der Waals surface area contributed by atoms with Crippen LogP contribution in [0.2, 0.25) is 0 Å². The topological polar surface area (TPSA) is 84.0 Å². The predicted molar refractivity (Wildman–Crippen MR) is 125 cm³/mol. The summed E-state index contributed by atoms with van der Waals surface area (Å²) in [5, 5.41) is -0.864. The second kappa shape index (κ2) is 9.46. The summed E-state index contributed by atoms with van der Waals surface area (Å²) in [6.45, 7) is -0.124. The quantitative estimate of drug-likeness (QED) is 0.581. The van der Waals surface area contributed by atoms with Crippen molar-refractivity contribution in [2.75, 3.05) is 20.2 Å². The molecule has 0 saturated carbocycles. The zero-order valence-electron chi connectivity index (χ0n) is 17.0. The van der Waals surface area contributed by atoms with Gasteiger partial charge in [0.15, 0.2) is 0 Å². The van der Waals surface area contributed by atoms with Crippen LogP contribution >= 0.6 is 23.5 Å². The van der Waals surface area contributed by atoms with E-state index in [1.807, 2.05) is 36.4 Å². The van der Waals surface area contributed by atoms with Crippen molar-refractivity contribution in [3.8, 4) is 5.75 Å². The number of ether oxygens (including phenoxy) is 1. The molecular formula is C23H18N2O5S2. The Morgan fingerprint density at radius 3 is 1.88 bits per heavy atom. The summed E-state index contributed by atoms with van der Waals surface area (Å²) in [6.07, 6.45) is 3.26. The summed E-state index contributed by atoms with van der Waals surface area (Å²) in [6, 6.07) is 16.4. The third-order valence-corrected chi connectivity index (χ3v) is 6.63. The van der Waals surface area contributed by atoms with Crippen molar-refractivity contribution >= 4 is 58.0 Å². The zero-order valence-corrected chi connectivity index (χ0v) is 18.7. The first kappa shape index (κ1) is 21.9. The molecule has 0 aliphatic carbocycles. The van der Waals surface area contributed by atoms with Gasteiger partial charge in [-0.05, 0) is 47.3 Å². The van der Waals surface area contributed by atoms with Crippen molar-refractivity contribution in [1.82, 2.24) is 9.80 Å². The first-order chi connectivity index (χ1) is 15.5. The molecule has 2 fully saturated rings. The van der Waals surface area contributed by atoms with E-state index in [9.17, 15) is 19.2 Å². The number of imide groups is 2. The molecule has 0 unspecified atom stereocenters. The molecule has 2 saturated heterocycles. The monoisotopic (exact) mass is 466 g/mol. The molecule has 0 bridgehead atoms. The van der Waals surface area contributed by atoms with Crippen LogP contribution in [0.5, 0.6) is 5.75 Å². The van der Waals surface area contributed by atoms with Crippen LogP contribution < -0.4 is 4.74 Å². The van der Waals surface area contributed by atoms with E-state index in [1.165, 1.54) is 7.11 Å². The fourth-order valence-electron chi connectivity index (χ4n) is 3.21. The maximum absolute atomic E-state index is 12.8. The number of hydrogen-bond donors (Lipinski definition) is 0. The van der Waals surface area contributed by atoms with Gasteiger partial charge in [-0.3, -0.25) is 29.0 Å². The van der Waals surface area contributed by atoms with E-state index in [0.717, 1.165) is 38.9 Å². The molecule has 9 heteroatoms. The highest BCUT2D eigenvalue weighted by Gasteiger charge is 2.39. The fraction of sp³-hybridized carbons (Fsp3) is 0.130. The largest absolute Gasteiger partial charge is 0.496 e. The minimum absolute atomic E-state index is 0.0588. The lowest BCUT2D eigenvalue weighted by Crippen LogP contribution is -2.39. The second-order valence-electron chi connectivity index (χ2n) is 6.82. The van der Waals surface area contributed by atoms with Gasteiger partial charge in [0, 0.05) is 18.7 Å². The van der Waals surface area contributed by atoms with E-state index < -0.39 is 22.3 Å². The Kier molecular flexibility index (Phi) is 6.48. The van der Waals surface area contributed by atoms with E-state index in [-0.39, 0.29) is 18.0 Å². The van der Waals surface area contributed by atoms with Gasteiger partial charge >= 0.3 is 0 Å². The molecule has 2 heterocycles. The number of benzene rings is 2. The van der Waals surface area contributed by atoms with E-state index in [4.69, 9.17) is 4.74 Å². The molecule has 0 N–H and O–H groups in total. The fourth-order valence-corrected chi connectivity index (χ4v) is 4.93. The Morgan fingerprint density at radius 1 is 0.750 bits per heavy atom. The van der Waals surface area contributed by atoms with Crippen LogP contribution in [0.15, 0.2) is 64.4 Å². The lowest BCUT2D eigenvalue weighted by molar-refractivity contribution is -0.125. The van der Waals surface area contributed by atoms with Crippen LogP contribution in [-0.4, -0.2) is 52.3 Å². The van der Waals surface area contributed by atoms with Crippen molar-refractivity contribution in [2.24, 2.45) is 0 Å². The Bertz CT molecular complexity index is 1160. The highest BCUT2D eigenvalue weighted by atomic mass is 32.2. The molecule has 4 amide bonds. The van der Waals surface area contributed by atoms with E-state index in [2.05, 4.69) is 0 Å². The third-order valence-electron chi connectivity index (χ3n) is 4.82. The number of carbonyl (C=O) groups excluding carboxylic acids is 4. The minimum atomic E-state index is -0.460. The maximum Gasteiger partial charge on any atom is 0.293 e. The average molecular weight is 467 g/mol. The Labute approximate surface area is 193 Å². The molecular weight excluding hydrogens is 448 g/mol. The van der Waals surface area contributed by atoms with Gasteiger partial charge in [0.05, 0.1) is 16.9 Å². The molecule has 2 aliphatic heterocycles. The van der Waals surface area contributed by atoms with Crippen molar-refractivity contribution < 1.29 is 23.9 Å². The number of nitrogens with zero attached hydrogens (tertiary/aromatic N) is 2. The molecule has 32 heavy (non-hydrogen) atoms. The number of rotatable bonds is 6. The molecule has 0 radical (unpaired) electrons. The first-order valence-corrected chi connectivity index (χ1v) is 11.3. The molecule has 0 aromatic heterocycles. The summed E-state index contributed by atoms with van der Waals surface area (Å²) in [5.74, 6) is -0.305.